The van der Waals surface area contributed by atoms with Gasteiger partial charge in [-0.2, -0.15) is 13.2 Å². The number of halogens is 3. The van der Waals surface area contributed by atoms with Gasteiger partial charge in [0.1, 0.15) is 5.82 Å². The summed E-state index contributed by atoms with van der Waals surface area (Å²) in [4.78, 5) is 0. The predicted molar refractivity (Wildman–Crippen MR) is 69.4 cm³/mol. The molecule has 1 aromatic heterocycles. The fourth-order valence-electron chi connectivity index (χ4n) is 2.67. The monoisotopic (exact) mass is 297 g/mol. The van der Waals surface area contributed by atoms with Gasteiger partial charge < -0.3 is 9.67 Å². The van der Waals surface area contributed by atoms with E-state index in [-0.39, 0.29) is 23.9 Å². The van der Waals surface area contributed by atoms with Crippen molar-refractivity contribution in [3.63, 3.8) is 0 Å². The molecular formula is C14H14F3N3O. The number of aliphatic hydroxyl groups is 1. The second kappa shape index (κ2) is 5.14. The molecule has 1 aliphatic heterocycles. The maximum Gasteiger partial charge on any atom is 0.417 e. The van der Waals surface area contributed by atoms with Crippen LogP contribution >= 0.6 is 0 Å². The van der Waals surface area contributed by atoms with Gasteiger partial charge in [-0.3, -0.25) is 0 Å². The second-order valence-electron chi connectivity index (χ2n) is 5.18. The number of alkyl halides is 3. The zero-order valence-corrected chi connectivity index (χ0v) is 11.1. The molecule has 1 aromatic carbocycles. The van der Waals surface area contributed by atoms with Gasteiger partial charge in [-0.25, -0.2) is 0 Å². The number of aliphatic hydroxyl groups excluding tert-OH is 1. The van der Waals surface area contributed by atoms with Crippen molar-refractivity contribution in [2.45, 2.75) is 25.6 Å². The molecule has 4 nitrogen and oxygen atoms in total. The van der Waals surface area contributed by atoms with Crippen LogP contribution in [0.4, 0.5) is 13.2 Å². The van der Waals surface area contributed by atoms with Gasteiger partial charge in [0, 0.05) is 25.1 Å². The summed E-state index contributed by atoms with van der Waals surface area (Å²) < 4.78 is 41.0. The summed E-state index contributed by atoms with van der Waals surface area (Å²) in [5, 5.41) is 17.1. The maximum absolute atomic E-state index is 13.1. The lowest BCUT2D eigenvalue weighted by Gasteiger charge is -2.22. The Labute approximate surface area is 119 Å². The Morgan fingerprint density at radius 3 is 2.71 bits per heavy atom. The Morgan fingerprint density at radius 1 is 1.24 bits per heavy atom. The van der Waals surface area contributed by atoms with E-state index >= 15 is 0 Å². The summed E-state index contributed by atoms with van der Waals surface area (Å²) in [5.41, 5.74) is -0.657. The average Bonchev–Trinajstić information content (AvgIpc) is 2.89. The number of benzene rings is 1. The van der Waals surface area contributed by atoms with Gasteiger partial charge in [0.2, 0.25) is 0 Å². The molecule has 1 atom stereocenters. The largest absolute Gasteiger partial charge is 0.417 e. The lowest BCUT2D eigenvalue weighted by Crippen LogP contribution is -2.22. The molecule has 0 saturated carbocycles. The topological polar surface area (TPSA) is 50.9 Å². The first-order valence-electron chi connectivity index (χ1n) is 6.70. The summed E-state index contributed by atoms with van der Waals surface area (Å²) in [7, 11) is 0. The minimum Gasteiger partial charge on any atom is -0.396 e. The minimum absolute atomic E-state index is 0.0474. The lowest BCUT2D eigenvalue weighted by molar-refractivity contribution is -0.137. The molecule has 2 aromatic rings. The SMILES string of the molecule is OCC1CCn2c(nnc2-c2ccccc2C(F)(F)F)C1. The summed E-state index contributed by atoms with van der Waals surface area (Å²) in [5.74, 6) is 0.981. The summed E-state index contributed by atoms with van der Waals surface area (Å²) >= 11 is 0. The van der Waals surface area contributed by atoms with E-state index < -0.39 is 11.7 Å². The van der Waals surface area contributed by atoms with Crippen LogP contribution in [0.3, 0.4) is 0 Å². The Balaban J connectivity index is 2.06. The van der Waals surface area contributed by atoms with Crippen LogP contribution in [0.25, 0.3) is 11.4 Å². The smallest absolute Gasteiger partial charge is 0.396 e. The third-order valence-electron chi connectivity index (χ3n) is 3.79. The molecule has 0 amide bonds. The van der Waals surface area contributed by atoms with E-state index in [4.69, 9.17) is 0 Å². The van der Waals surface area contributed by atoms with E-state index in [1.165, 1.54) is 12.1 Å². The Hall–Kier alpha value is -1.89. The standard InChI is InChI=1S/C14H14F3N3O/c15-14(16,17)11-4-2-1-3-10(11)13-19-18-12-7-9(8-21)5-6-20(12)13/h1-4,9,21H,5-8H2. The quantitative estimate of drug-likeness (QED) is 0.926. The van der Waals surface area contributed by atoms with Gasteiger partial charge in [0.25, 0.3) is 0 Å². The van der Waals surface area contributed by atoms with Crippen LogP contribution in [-0.4, -0.2) is 26.5 Å². The number of hydrogen-bond acceptors (Lipinski definition) is 3. The minimum atomic E-state index is -4.43. The summed E-state index contributed by atoms with van der Waals surface area (Å²) in [6.07, 6.45) is -3.17. The molecule has 1 unspecified atom stereocenters. The van der Waals surface area contributed by atoms with Crippen LogP contribution < -0.4 is 0 Å². The molecule has 112 valence electrons. The van der Waals surface area contributed by atoms with E-state index in [0.717, 1.165) is 6.07 Å². The number of hydrogen-bond donors (Lipinski definition) is 1. The number of nitrogens with zero attached hydrogens (tertiary/aromatic N) is 3. The molecule has 0 bridgehead atoms. The summed E-state index contributed by atoms with van der Waals surface area (Å²) in [6, 6.07) is 5.39. The Morgan fingerprint density at radius 2 is 2.00 bits per heavy atom. The molecule has 3 rings (SSSR count). The highest BCUT2D eigenvalue weighted by atomic mass is 19.4. The number of rotatable bonds is 2. The van der Waals surface area contributed by atoms with Crippen molar-refractivity contribution in [1.29, 1.82) is 0 Å². The third kappa shape index (κ3) is 2.53. The van der Waals surface area contributed by atoms with Crippen LogP contribution in [0.1, 0.15) is 17.8 Å². The molecule has 1 aliphatic rings. The van der Waals surface area contributed by atoms with Crippen molar-refractivity contribution >= 4 is 0 Å². The molecule has 21 heavy (non-hydrogen) atoms. The van der Waals surface area contributed by atoms with Crippen molar-refractivity contribution in [3.8, 4) is 11.4 Å². The van der Waals surface area contributed by atoms with E-state index in [0.29, 0.717) is 25.2 Å². The van der Waals surface area contributed by atoms with Crippen LogP contribution in [0.5, 0.6) is 0 Å². The third-order valence-corrected chi connectivity index (χ3v) is 3.79. The van der Waals surface area contributed by atoms with Crippen LogP contribution in [0.2, 0.25) is 0 Å². The molecule has 0 saturated heterocycles. The van der Waals surface area contributed by atoms with Gasteiger partial charge in [0.05, 0.1) is 5.56 Å². The first-order valence-corrected chi connectivity index (χ1v) is 6.70. The van der Waals surface area contributed by atoms with Gasteiger partial charge >= 0.3 is 6.18 Å². The van der Waals surface area contributed by atoms with E-state index in [9.17, 15) is 18.3 Å². The zero-order chi connectivity index (χ0) is 15.0. The maximum atomic E-state index is 13.1. The van der Waals surface area contributed by atoms with E-state index in [1.54, 1.807) is 10.6 Å². The first kappa shape index (κ1) is 14.1. The van der Waals surface area contributed by atoms with Crippen molar-refractivity contribution < 1.29 is 18.3 Å². The Bertz CT molecular complexity index is 651. The van der Waals surface area contributed by atoms with Gasteiger partial charge in [-0.1, -0.05) is 18.2 Å². The molecule has 0 fully saturated rings. The molecule has 0 aliphatic carbocycles. The van der Waals surface area contributed by atoms with Crippen LogP contribution in [-0.2, 0) is 19.1 Å². The highest BCUT2D eigenvalue weighted by molar-refractivity contribution is 5.61. The fraction of sp³-hybridized carbons (Fsp3) is 0.429. The van der Waals surface area contributed by atoms with Crippen molar-refractivity contribution in [2.75, 3.05) is 6.61 Å². The van der Waals surface area contributed by atoms with Gasteiger partial charge in [0.15, 0.2) is 5.82 Å². The predicted octanol–water partition coefficient (Wildman–Crippen LogP) is 2.52. The molecule has 0 radical (unpaired) electrons. The highest BCUT2D eigenvalue weighted by Crippen LogP contribution is 2.37. The highest BCUT2D eigenvalue weighted by Gasteiger charge is 2.35. The van der Waals surface area contributed by atoms with Crippen LogP contribution in [0, 0.1) is 5.92 Å². The molecule has 2 heterocycles. The van der Waals surface area contributed by atoms with E-state index in [1.807, 2.05) is 0 Å². The van der Waals surface area contributed by atoms with Gasteiger partial charge in [-0.15, -0.1) is 10.2 Å². The summed E-state index contributed by atoms with van der Waals surface area (Å²) in [6.45, 7) is 0.580. The van der Waals surface area contributed by atoms with E-state index in [2.05, 4.69) is 10.2 Å². The van der Waals surface area contributed by atoms with Crippen molar-refractivity contribution in [3.05, 3.63) is 35.7 Å². The zero-order valence-electron chi connectivity index (χ0n) is 11.1. The second-order valence-corrected chi connectivity index (χ2v) is 5.18. The molecular weight excluding hydrogens is 283 g/mol. The Kier molecular flexibility index (Phi) is 3.44. The lowest BCUT2D eigenvalue weighted by atomic mass is 9.98. The van der Waals surface area contributed by atoms with Crippen molar-refractivity contribution in [1.82, 2.24) is 14.8 Å². The average molecular weight is 297 g/mol. The number of aromatic nitrogens is 3. The molecule has 0 spiro atoms. The molecule has 7 heteroatoms. The van der Waals surface area contributed by atoms with Crippen LogP contribution in [0.15, 0.2) is 24.3 Å². The van der Waals surface area contributed by atoms with Gasteiger partial charge in [-0.05, 0) is 18.4 Å². The normalized spacial score (nSPS) is 18.6. The first-order chi connectivity index (χ1) is 10.0. The number of fused-ring (bicyclic) bond motifs is 1. The van der Waals surface area contributed by atoms with Crippen molar-refractivity contribution in [2.24, 2.45) is 5.92 Å². The fourth-order valence-corrected chi connectivity index (χ4v) is 2.67. The molecule has 1 N–H and O–H groups in total.